The van der Waals surface area contributed by atoms with Crippen molar-refractivity contribution in [3.63, 3.8) is 0 Å². The van der Waals surface area contributed by atoms with Crippen LogP contribution in [0.5, 0.6) is 11.5 Å². The highest BCUT2D eigenvalue weighted by Crippen LogP contribution is 2.32. The van der Waals surface area contributed by atoms with Crippen LogP contribution in [-0.4, -0.2) is 35.4 Å². The predicted molar refractivity (Wildman–Crippen MR) is 112 cm³/mol. The van der Waals surface area contributed by atoms with E-state index in [1.807, 2.05) is 4.57 Å². The normalized spacial score (nSPS) is 11.6. The number of nitrogens with one attached hydrogen (secondary N) is 1. The van der Waals surface area contributed by atoms with E-state index in [4.69, 9.17) is 14.6 Å². The third-order valence-corrected chi connectivity index (χ3v) is 6.03. The van der Waals surface area contributed by atoms with Gasteiger partial charge in [-0.25, -0.2) is 18.6 Å². The molecule has 0 bridgehead atoms. The molecule has 0 saturated carbocycles. The number of carboxylic acid groups (broad SMARTS) is 1. The number of nitrogens with zero attached hydrogens (tertiary/aromatic N) is 2. The fourth-order valence-electron chi connectivity index (χ4n) is 2.76. The molecule has 0 fully saturated rings. The van der Waals surface area contributed by atoms with Crippen LogP contribution in [-0.2, 0) is 11.5 Å². The summed E-state index contributed by atoms with van der Waals surface area (Å²) >= 11 is 0. The Morgan fingerprint density at radius 2 is 1.93 bits per heavy atom. The molecule has 0 spiro atoms. The van der Waals surface area contributed by atoms with Crippen LogP contribution in [0.2, 0.25) is 25.7 Å². The van der Waals surface area contributed by atoms with Crippen LogP contribution in [0.1, 0.15) is 0 Å². The van der Waals surface area contributed by atoms with Gasteiger partial charge in [0.05, 0.1) is 5.39 Å². The lowest BCUT2D eigenvalue weighted by Gasteiger charge is -2.15. The number of halogens is 2. The SMILES string of the molecule is C[Si](C)(C)CCOCn1ccc2c(Oc3cc(F)c(NC(=O)O)c(F)c3)ccnc21. The van der Waals surface area contributed by atoms with E-state index in [2.05, 4.69) is 24.6 Å². The van der Waals surface area contributed by atoms with Gasteiger partial charge in [0.1, 0.15) is 29.6 Å². The van der Waals surface area contributed by atoms with Gasteiger partial charge < -0.3 is 19.1 Å². The predicted octanol–water partition coefficient (Wildman–Crippen LogP) is 5.51. The number of rotatable bonds is 8. The van der Waals surface area contributed by atoms with Crippen molar-refractivity contribution in [2.45, 2.75) is 32.4 Å². The summed E-state index contributed by atoms with van der Waals surface area (Å²) in [7, 11) is -1.18. The molecule has 0 aliphatic heterocycles. The van der Waals surface area contributed by atoms with Crippen molar-refractivity contribution in [2.75, 3.05) is 11.9 Å². The largest absolute Gasteiger partial charge is 0.465 e. The maximum Gasteiger partial charge on any atom is 0.409 e. The molecule has 0 saturated heterocycles. The van der Waals surface area contributed by atoms with Crippen molar-refractivity contribution in [1.29, 1.82) is 0 Å². The highest BCUT2D eigenvalue weighted by atomic mass is 28.3. The zero-order chi connectivity index (χ0) is 21.9. The van der Waals surface area contributed by atoms with Crippen molar-refractivity contribution < 1.29 is 28.2 Å². The molecule has 1 aromatic carbocycles. The lowest BCUT2D eigenvalue weighted by atomic mass is 10.2. The van der Waals surface area contributed by atoms with Gasteiger partial charge >= 0.3 is 6.09 Å². The first-order chi connectivity index (χ1) is 14.1. The van der Waals surface area contributed by atoms with Gasteiger partial charge in [-0.1, -0.05) is 19.6 Å². The van der Waals surface area contributed by atoms with Gasteiger partial charge in [0.2, 0.25) is 0 Å². The second-order valence-corrected chi connectivity index (χ2v) is 13.6. The first-order valence-electron chi connectivity index (χ1n) is 9.32. The Morgan fingerprint density at radius 1 is 1.23 bits per heavy atom. The van der Waals surface area contributed by atoms with E-state index in [1.54, 1.807) is 23.6 Å². The Hall–Kier alpha value is -2.98. The third kappa shape index (κ3) is 5.33. The molecule has 10 heteroatoms. The monoisotopic (exact) mass is 435 g/mol. The van der Waals surface area contributed by atoms with Crippen LogP contribution in [0.15, 0.2) is 36.7 Å². The summed E-state index contributed by atoms with van der Waals surface area (Å²) < 4.78 is 41.4. The van der Waals surface area contributed by atoms with Gasteiger partial charge in [-0.3, -0.25) is 5.32 Å². The Morgan fingerprint density at radius 3 is 2.57 bits per heavy atom. The molecule has 0 radical (unpaired) electrons. The zero-order valence-corrected chi connectivity index (χ0v) is 17.9. The second-order valence-electron chi connectivity index (χ2n) is 7.97. The lowest BCUT2D eigenvalue weighted by Crippen LogP contribution is -2.22. The number of fused-ring (bicyclic) bond motifs is 1. The molecule has 1 amide bonds. The first kappa shape index (κ1) is 21.7. The van der Waals surface area contributed by atoms with Crippen molar-refractivity contribution in [1.82, 2.24) is 9.55 Å². The molecule has 3 rings (SSSR count). The van der Waals surface area contributed by atoms with Crippen LogP contribution in [0.4, 0.5) is 19.3 Å². The van der Waals surface area contributed by atoms with Crippen LogP contribution in [0.25, 0.3) is 11.0 Å². The average Bonchev–Trinajstić information content (AvgIpc) is 3.05. The van der Waals surface area contributed by atoms with Crippen LogP contribution < -0.4 is 10.1 Å². The highest BCUT2D eigenvalue weighted by Gasteiger charge is 2.16. The Kier molecular flexibility index (Phi) is 6.37. The molecular formula is C20H23F2N3O4Si. The second kappa shape index (κ2) is 8.80. The van der Waals surface area contributed by atoms with E-state index < -0.39 is 31.5 Å². The number of aromatic nitrogens is 2. The Bertz CT molecular complexity index is 1040. The number of hydrogen-bond acceptors (Lipinski definition) is 4. The highest BCUT2D eigenvalue weighted by molar-refractivity contribution is 6.76. The molecule has 0 aliphatic carbocycles. The average molecular weight is 436 g/mol. The molecule has 7 nitrogen and oxygen atoms in total. The van der Waals surface area contributed by atoms with Gasteiger partial charge in [-0.15, -0.1) is 0 Å². The standard InChI is InChI=1S/C20H23F2N3O4Si/c1-30(2,3)9-8-28-12-25-7-5-14-17(4-6-23-19(14)25)29-13-10-15(21)18(16(22)11-13)24-20(26)27/h4-7,10-11,24H,8-9,12H2,1-3H3,(H,26,27). The van der Waals surface area contributed by atoms with E-state index in [1.165, 1.54) is 6.20 Å². The van der Waals surface area contributed by atoms with Crippen molar-refractivity contribution in [3.8, 4) is 11.5 Å². The quantitative estimate of drug-likeness (QED) is 0.360. The van der Waals surface area contributed by atoms with Gasteiger partial charge in [-0.2, -0.15) is 0 Å². The molecule has 30 heavy (non-hydrogen) atoms. The maximum atomic E-state index is 14.1. The van der Waals surface area contributed by atoms with E-state index in [-0.39, 0.29) is 5.75 Å². The van der Waals surface area contributed by atoms with Crippen LogP contribution in [0, 0.1) is 11.6 Å². The van der Waals surface area contributed by atoms with Crippen LogP contribution >= 0.6 is 0 Å². The molecule has 0 aliphatic rings. The topological polar surface area (TPSA) is 85.6 Å². The van der Waals surface area contributed by atoms with E-state index >= 15 is 0 Å². The number of ether oxygens (including phenoxy) is 2. The first-order valence-corrected chi connectivity index (χ1v) is 13.0. The third-order valence-electron chi connectivity index (χ3n) is 4.32. The van der Waals surface area contributed by atoms with E-state index in [9.17, 15) is 13.6 Å². The number of carbonyl (C=O) groups is 1. The molecule has 2 N–H and O–H groups in total. The molecule has 2 heterocycles. The molecule has 0 atom stereocenters. The minimum absolute atomic E-state index is 0.104. The van der Waals surface area contributed by atoms with Crippen molar-refractivity contribution in [2.24, 2.45) is 0 Å². The maximum absolute atomic E-state index is 14.1. The lowest BCUT2D eigenvalue weighted by molar-refractivity contribution is 0.0899. The van der Waals surface area contributed by atoms with Gasteiger partial charge in [0.15, 0.2) is 11.6 Å². The van der Waals surface area contributed by atoms with Crippen molar-refractivity contribution in [3.05, 3.63) is 48.3 Å². The summed E-state index contributed by atoms with van der Waals surface area (Å²) in [5.41, 5.74) is -0.137. The summed E-state index contributed by atoms with van der Waals surface area (Å²) in [6.45, 7) is 7.84. The number of benzene rings is 1. The van der Waals surface area contributed by atoms with Gasteiger partial charge in [-0.05, 0) is 18.2 Å². The number of anilines is 1. The van der Waals surface area contributed by atoms with E-state index in [0.29, 0.717) is 30.1 Å². The van der Waals surface area contributed by atoms with Crippen molar-refractivity contribution >= 4 is 30.9 Å². The van der Waals surface area contributed by atoms with E-state index in [0.717, 1.165) is 18.2 Å². The zero-order valence-electron chi connectivity index (χ0n) is 16.9. The Balaban J connectivity index is 1.78. The minimum atomic E-state index is -1.56. The molecule has 160 valence electrons. The summed E-state index contributed by atoms with van der Waals surface area (Å²) in [5.74, 6) is -1.90. The fraction of sp³-hybridized carbons (Fsp3) is 0.300. The minimum Gasteiger partial charge on any atom is -0.465 e. The van der Waals surface area contributed by atoms with Gasteiger partial charge in [0, 0.05) is 39.2 Å². The van der Waals surface area contributed by atoms with Gasteiger partial charge in [0.25, 0.3) is 0 Å². The number of hydrogen-bond donors (Lipinski definition) is 2. The smallest absolute Gasteiger partial charge is 0.409 e. The molecule has 0 unspecified atom stereocenters. The summed E-state index contributed by atoms with van der Waals surface area (Å²) in [4.78, 5) is 15.0. The summed E-state index contributed by atoms with van der Waals surface area (Å²) in [6.07, 6.45) is 1.77. The molecule has 2 aromatic heterocycles. The molecule has 3 aromatic rings. The Labute approximate surface area is 173 Å². The molecular weight excluding hydrogens is 412 g/mol. The number of pyridine rings is 1. The summed E-state index contributed by atoms with van der Waals surface area (Å²) in [5, 5.41) is 11.0. The fourth-order valence-corrected chi connectivity index (χ4v) is 3.52. The summed E-state index contributed by atoms with van der Waals surface area (Å²) in [6, 6.07) is 6.25. The van der Waals surface area contributed by atoms with Crippen LogP contribution in [0.3, 0.4) is 0 Å². The number of amides is 1.